The zero-order valence-electron chi connectivity index (χ0n) is 14.2. The largest absolute Gasteiger partial charge is 0.482 e. The molecule has 0 heterocycles. The third kappa shape index (κ3) is 5.80. The number of halogens is 1. The van der Waals surface area contributed by atoms with Crippen LogP contribution in [0.2, 0.25) is 5.02 Å². The Bertz CT molecular complexity index is 732. The van der Waals surface area contributed by atoms with Crippen LogP contribution >= 0.6 is 11.6 Å². The maximum Gasteiger partial charge on any atom is 0.258 e. The van der Waals surface area contributed by atoms with Gasteiger partial charge in [0.1, 0.15) is 5.75 Å². The van der Waals surface area contributed by atoms with E-state index in [2.05, 4.69) is 10.6 Å². The Kier molecular flexibility index (Phi) is 6.83. The molecule has 132 valence electrons. The van der Waals surface area contributed by atoms with Gasteiger partial charge in [-0.15, -0.1) is 0 Å². The fourth-order valence-electron chi connectivity index (χ4n) is 2.38. The van der Waals surface area contributed by atoms with Gasteiger partial charge in [-0.25, -0.2) is 0 Å². The van der Waals surface area contributed by atoms with Crippen molar-refractivity contribution in [1.29, 1.82) is 0 Å². The van der Waals surface area contributed by atoms with Crippen molar-refractivity contribution in [2.45, 2.75) is 26.3 Å². The molecule has 0 aliphatic carbocycles. The number of anilines is 1. The molecule has 2 aromatic rings. The fraction of sp³-hybridized carbons (Fsp3) is 0.263. The molecule has 0 saturated carbocycles. The monoisotopic (exact) mass is 360 g/mol. The van der Waals surface area contributed by atoms with Gasteiger partial charge in [0.2, 0.25) is 5.91 Å². The van der Waals surface area contributed by atoms with Crippen molar-refractivity contribution in [3.63, 3.8) is 0 Å². The fourth-order valence-corrected chi connectivity index (χ4v) is 2.51. The van der Waals surface area contributed by atoms with Crippen molar-refractivity contribution in [3.8, 4) is 5.75 Å². The molecule has 0 radical (unpaired) electrons. The van der Waals surface area contributed by atoms with E-state index in [1.165, 1.54) is 6.92 Å². The minimum atomic E-state index is -0.237. The van der Waals surface area contributed by atoms with Gasteiger partial charge in [0.25, 0.3) is 5.91 Å². The molecule has 25 heavy (non-hydrogen) atoms. The molecule has 1 atom stereocenters. The van der Waals surface area contributed by atoms with Crippen LogP contribution < -0.4 is 15.4 Å². The summed E-state index contributed by atoms with van der Waals surface area (Å²) in [5, 5.41) is 6.27. The molecule has 2 rings (SSSR count). The quantitative estimate of drug-likeness (QED) is 0.785. The second-order valence-electron chi connectivity index (χ2n) is 5.55. The van der Waals surface area contributed by atoms with E-state index < -0.39 is 0 Å². The van der Waals surface area contributed by atoms with Crippen molar-refractivity contribution in [2.24, 2.45) is 0 Å². The number of amides is 2. The van der Waals surface area contributed by atoms with Crippen LogP contribution in [0.4, 0.5) is 5.69 Å². The maximum atomic E-state index is 12.2. The summed E-state index contributed by atoms with van der Waals surface area (Å²) < 4.78 is 5.55. The number of nitrogens with one attached hydrogen (secondary N) is 2. The van der Waals surface area contributed by atoms with Crippen LogP contribution in [-0.2, 0) is 9.59 Å². The topological polar surface area (TPSA) is 67.4 Å². The number of carbonyl (C=O) groups is 2. The van der Waals surface area contributed by atoms with Crippen molar-refractivity contribution in [3.05, 3.63) is 59.1 Å². The summed E-state index contributed by atoms with van der Waals surface area (Å²) >= 11 is 5.90. The standard InChI is InChI=1S/C19H21ClN2O3/c1-3-16(14-8-10-15(20)11-9-14)22-19(24)12-25-18-7-5-4-6-17(18)21-13(2)23/h4-11,16H,3,12H2,1-2H3,(H,21,23)(H,22,24)/t16-/m1/s1. The molecule has 0 aliphatic heterocycles. The van der Waals surface area contributed by atoms with Crippen molar-refractivity contribution in [2.75, 3.05) is 11.9 Å². The SMILES string of the molecule is CC[C@@H](NC(=O)COc1ccccc1NC(C)=O)c1ccc(Cl)cc1. The van der Waals surface area contributed by atoms with Gasteiger partial charge in [0.15, 0.2) is 6.61 Å². The molecule has 0 saturated heterocycles. The van der Waals surface area contributed by atoms with Gasteiger partial charge in [-0.05, 0) is 36.2 Å². The van der Waals surface area contributed by atoms with E-state index in [0.29, 0.717) is 16.5 Å². The number of rotatable bonds is 7. The van der Waals surface area contributed by atoms with E-state index in [9.17, 15) is 9.59 Å². The minimum Gasteiger partial charge on any atom is -0.482 e. The Labute approximate surface area is 152 Å². The first-order chi connectivity index (χ1) is 12.0. The van der Waals surface area contributed by atoms with Crippen LogP contribution in [0.15, 0.2) is 48.5 Å². The predicted octanol–water partition coefficient (Wildman–Crippen LogP) is 3.94. The molecule has 0 bridgehead atoms. The Morgan fingerprint density at radius 3 is 2.44 bits per heavy atom. The van der Waals surface area contributed by atoms with Gasteiger partial charge in [-0.3, -0.25) is 9.59 Å². The number of benzene rings is 2. The smallest absolute Gasteiger partial charge is 0.258 e. The first-order valence-electron chi connectivity index (χ1n) is 8.04. The van der Waals surface area contributed by atoms with Gasteiger partial charge < -0.3 is 15.4 Å². The van der Waals surface area contributed by atoms with Gasteiger partial charge in [-0.2, -0.15) is 0 Å². The van der Waals surface area contributed by atoms with Crippen LogP contribution in [0.5, 0.6) is 5.75 Å². The van der Waals surface area contributed by atoms with Crippen LogP contribution in [0, 0.1) is 0 Å². The summed E-state index contributed by atoms with van der Waals surface area (Å²) in [6.07, 6.45) is 0.746. The molecular weight excluding hydrogens is 340 g/mol. The molecule has 2 aromatic carbocycles. The molecule has 2 N–H and O–H groups in total. The number of hydrogen-bond acceptors (Lipinski definition) is 3. The van der Waals surface area contributed by atoms with E-state index >= 15 is 0 Å². The highest BCUT2D eigenvalue weighted by molar-refractivity contribution is 6.30. The van der Waals surface area contributed by atoms with Crippen LogP contribution in [0.25, 0.3) is 0 Å². The molecule has 0 aromatic heterocycles. The van der Waals surface area contributed by atoms with Crippen molar-refractivity contribution in [1.82, 2.24) is 5.32 Å². The number of hydrogen-bond donors (Lipinski definition) is 2. The molecule has 5 nitrogen and oxygen atoms in total. The Morgan fingerprint density at radius 1 is 1.12 bits per heavy atom. The lowest BCUT2D eigenvalue weighted by Gasteiger charge is -2.18. The molecule has 6 heteroatoms. The second kappa shape index (κ2) is 9.08. The number of carbonyl (C=O) groups excluding carboxylic acids is 2. The Hall–Kier alpha value is -2.53. The van der Waals surface area contributed by atoms with Gasteiger partial charge >= 0.3 is 0 Å². The van der Waals surface area contributed by atoms with E-state index in [4.69, 9.17) is 16.3 Å². The van der Waals surface area contributed by atoms with Crippen molar-refractivity contribution < 1.29 is 14.3 Å². The summed E-state index contributed by atoms with van der Waals surface area (Å²) in [6.45, 7) is 3.27. The highest BCUT2D eigenvalue weighted by Crippen LogP contribution is 2.24. The first kappa shape index (κ1) is 18.8. The molecule has 0 spiro atoms. The zero-order valence-corrected chi connectivity index (χ0v) is 15.0. The molecule has 0 aliphatic rings. The highest BCUT2D eigenvalue weighted by atomic mass is 35.5. The van der Waals surface area contributed by atoms with E-state index in [0.717, 1.165) is 12.0 Å². The first-order valence-corrected chi connectivity index (χ1v) is 8.41. The molecule has 2 amide bonds. The second-order valence-corrected chi connectivity index (χ2v) is 5.98. The molecule has 0 fully saturated rings. The van der Waals surface area contributed by atoms with Gasteiger partial charge in [-0.1, -0.05) is 42.8 Å². The number of para-hydroxylation sites is 2. The van der Waals surface area contributed by atoms with E-state index in [1.54, 1.807) is 36.4 Å². The minimum absolute atomic E-state index is 0.112. The van der Waals surface area contributed by atoms with Crippen LogP contribution in [0.1, 0.15) is 31.9 Å². The zero-order chi connectivity index (χ0) is 18.2. The third-order valence-electron chi connectivity index (χ3n) is 3.57. The van der Waals surface area contributed by atoms with Crippen LogP contribution in [0.3, 0.4) is 0 Å². The lowest BCUT2D eigenvalue weighted by atomic mass is 10.0. The lowest BCUT2D eigenvalue weighted by molar-refractivity contribution is -0.123. The normalized spacial score (nSPS) is 11.5. The summed E-state index contributed by atoms with van der Waals surface area (Å²) in [6, 6.07) is 14.3. The summed E-state index contributed by atoms with van der Waals surface area (Å²) in [4.78, 5) is 23.4. The number of ether oxygens (including phenoxy) is 1. The van der Waals surface area contributed by atoms with Gasteiger partial charge in [0, 0.05) is 11.9 Å². The summed E-state index contributed by atoms with van der Waals surface area (Å²) in [7, 11) is 0. The maximum absolute atomic E-state index is 12.2. The average Bonchev–Trinajstić information content (AvgIpc) is 2.59. The predicted molar refractivity (Wildman–Crippen MR) is 98.9 cm³/mol. The Morgan fingerprint density at radius 2 is 1.80 bits per heavy atom. The third-order valence-corrected chi connectivity index (χ3v) is 3.82. The van der Waals surface area contributed by atoms with E-state index in [1.807, 2.05) is 19.1 Å². The average molecular weight is 361 g/mol. The van der Waals surface area contributed by atoms with Gasteiger partial charge in [0.05, 0.1) is 11.7 Å². The Balaban J connectivity index is 1.96. The van der Waals surface area contributed by atoms with Crippen molar-refractivity contribution >= 4 is 29.1 Å². The highest BCUT2D eigenvalue weighted by Gasteiger charge is 2.14. The summed E-state index contributed by atoms with van der Waals surface area (Å²) in [5.74, 6) is 0.0149. The molecule has 0 unspecified atom stereocenters. The lowest BCUT2D eigenvalue weighted by Crippen LogP contribution is -2.32. The van der Waals surface area contributed by atoms with E-state index in [-0.39, 0.29) is 24.5 Å². The summed E-state index contributed by atoms with van der Waals surface area (Å²) in [5.41, 5.74) is 1.52. The molecular formula is C19H21ClN2O3. The van der Waals surface area contributed by atoms with Crippen LogP contribution in [-0.4, -0.2) is 18.4 Å².